The summed E-state index contributed by atoms with van der Waals surface area (Å²) >= 11 is 0. The minimum Gasteiger partial charge on any atom is -0.320 e. The summed E-state index contributed by atoms with van der Waals surface area (Å²) in [6.45, 7) is 0. The van der Waals surface area contributed by atoms with Gasteiger partial charge in [-0.25, -0.2) is 4.39 Å². The molecule has 3 N–H and O–H groups in total. The van der Waals surface area contributed by atoms with Gasteiger partial charge < -0.3 is 5.43 Å². The SMILES string of the molecule is N#Cc1cccc(F)c1NN. The Hall–Kier alpha value is -1.60. The van der Waals surface area contributed by atoms with E-state index in [1.54, 1.807) is 6.07 Å². The van der Waals surface area contributed by atoms with Crippen molar-refractivity contribution < 1.29 is 4.39 Å². The van der Waals surface area contributed by atoms with Crippen molar-refractivity contribution in [2.75, 3.05) is 5.43 Å². The van der Waals surface area contributed by atoms with Gasteiger partial charge in [0.25, 0.3) is 0 Å². The number of benzene rings is 1. The lowest BCUT2D eigenvalue weighted by atomic mass is 10.2. The van der Waals surface area contributed by atoms with Gasteiger partial charge in [-0.3, -0.25) is 5.84 Å². The van der Waals surface area contributed by atoms with E-state index in [0.29, 0.717) is 0 Å². The van der Waals surface area contributed by atoms with Crippen molar-refractivity contribution in [3.05, 3.63) is 29.6 Å². The highest BCUT2D eigenvalue weighted by Gasteiger charge is 2.04. The molecule has 0 spiro atoms. The number of hydrogen-bond acceptors (Lipinski definition) is 3. The van der Waals surface area contributed by atoms with Crippen LogP contribution in [0, 0.1) is 17.1 Å². The van der Waals surface area contributed by atoms with Crippen LogP contribution in [0.2, 0.25) is 0 Å². The minimum absolute atomic E-state index is 0.0370. The summed E-state index contributed by atoms with van der Waals surface area (Å²) in [4.78, 5) is 0. The molecule has 0 fully saturated rings. The van der Waals surface area contributed by atoms with Crippen LogP contribution < -0.4 is 11.3 Å². The summed E-state index contributed by atoms with van der Waals surface area (Å²) < 4.78 is 12.7. The third-order valence-electron chi connectivity index (χ3n) is 1.28. The fourth-order valence-corrected chi connectivity index (χ4v) is 0.764. The zero-order valence-corrected chi connectivity index (χ0v) is 5.63. The molecular formula is C7H6FN3. The van der Waals surface area contributed by atoms with Gasteiger partial charge in [-0.2, -0.15) is 5.26 Å². The van der Waals surface area contributed by atoms with E-state index < -0.39 is 5.82 Å². The van der Waals surface area contributed by atoms with Crippen LogP contribution in [0.15, 0.2) is 18.2 Å². The number of nitrogens with one attached hydrogen (secondary N) is 1. The second-order valence-electron chi connectivity index (χ2n) is 1.92. The number of nitrogen functional groups attached to an aromatic ring is 1. The average Bonchev–Trinajstić information content (AvgIpc) is 2.04. The Morgan fingerprint density at radius 2 is 2.27 bits per heavy atom. The van der Waals surface area contributed by atoms with E-state index in [1.807, 2.05) is 0 Å². The number of para-hydroxylation sites is 1. The Labute approximate surface area is 63.2 Å². The molecule has 4 heteroatoms. The number of nitrogens with zero attached hydrogens (tertiary/aromatic N) is 1. The lowest BCUT2D eigenvalue weighted by Crippen LogP contribution is -2.10. The molecule has 56 valence electrons. The Bertz CT molecular complexity index is 303. The van der Waals surface area contributed by atoms with E-state index in [2.05, 4.69) is 5.43 Å². The molecule has 0 aliphatic carbocycles. The minimum atomic E-state index is -0.522. The number of hydrogen-bond donors (Lipinski definition) is 2. The number of hydrazine groups is 1. The van der Waals surface area contributed by atoms with Crippen molar-refractivity contribution in [2.24, 2.45) is 5.84 Å². The molecule has 11 heavy (non-hydrogen) atoms. The van der Waals surface area contributed by atoms with Gasteiger partial charge in [0.1, 0.15) is 17.6 Å². The Balaban J connectivity index is 3.27. The maximum atomic E-state index is 12.7. The normalized spacial score (nSPS) is 8.82. The molecule has 1 aromatic rings. The van der Waals surface area contributed by atoms with E-state index in [-0.39, 0.29) is 11.3 Å². The summed E-state index contributed by atoms with van der Waals surface area (Å²) in [7, 11) is 0. The molecule has 0 bridgehead atoms. The van der Waals surface area contributed by atoms with Crippen molar-refractivity contribution in [2.45, 2.75) is 0 Å². The monoisotopic (exact) mass is 151 g/mol. The fourth-order valence-electron chi connectivity index (χ4n) is 0.764. The third kappa shape index (κ3) is 1.28. The summed E-state index contributed by atoms with van der Waals surface area (Å²) in [5.74, 6) is 4.46. The molecule has 0 atom stereocenters. The molecule has 0 radical (unpaired) electrons. The molecule has 0 heterocycles. The van der Waals surface area contributed by atoms with Crippen LogP contribution in [0.1, 0.15) is 5.56 Å². The lowest BCUT2D eigenvalue weighted by molar-refractivity contribution is 0.630. The maximum Gasteiger partial charge on any atom is 0.148 e. The van der Waals surface area contributed by atoms with Crippen LogP contribution >= 0.6 is 0 Å². The Kier molecular flexibility index (Phi) is 2.04. The molecule has 1 rings (SSSR count). The predicted molar refractivity (Wildman–Crippen MR) is 38.9 cm³/mol. The van der Waals surface area contributed by atoms with E-state index in [1.165, 1.54) is 18.2 Å². The third-order valence-corrected chi connectivity index (χ3v) is 1.28. The fraction of sp³-hybridized carbons (Fsp3) is 0. The molecule has 0 amide bonds. The highest BCUT2D eigenvalue weighted by molar-refractivity contribution is 5.57. The van der Waals surface area contributed by atoms with Crippen LogP contribution in [-0.2, 0) is 0 Å². The first-order valence-electron chi connectivity index (χ1n) is 2.95. The largest absolute Gasteiger partial charge is 0.320 e. The standard InChI is InChI=1S/C7H6FN3/c8-6-3-1-2-5(4-9)7(6)11-10/h1-3,11H,10H2. The van der Waals surface area contributed by atoms with E-state index in [9.17, 15) is 4.39 Å². The molecule has 0 aliphatic heterocycles. The molecule has 0 unspecified atom stereocenters. The molecule has 0 aliphatic rings. The summed E-state index contributed by atoms with van der Waals surface area (Å²) in [5, 5.41) is 8.46. The molecule has 0 aromatic heterocycles. The first kappa shape index (κ1) is 7.51. The second kappa shape index (κ2) is 2.99. The van der Waals surface area contributed by atoms with Gasteiger partial charge in [-0.05, 0) is 12.1 Å². The average molecular weight is 151 g/mol. The van der Waals surface area contributed by atoms with Crippen molar-refractivity contribution in [3.8, 4) is 6.07 Å². The van der Waals surface area contributed by atoms with Gasteiger partial charge in [-0.15, -0.1) is 0 Å². The Morgan fingerprint density at radius 1 is 1.55 bits per heavy atom. The predicted octanol–water partition coefficient (Wildman–Crippen LogP) is 0.983. The number of halogens is 1. The number of nitriles is 1. The molecule has 3 nitrogen and oxygen atoms in total. The number of nitrogens with two attached hydrogens (primary N) is 1. The van der Waals surface area contributed by atoms with Crippen molar-refractivity contribution in [1.82, 2.24) is 0 Å². The smallest absolute Gasteiger partial charge is 0.148 e. The number of rotatable bonds is 1. The van der Waals surface area contributed by atoms with Crippen molar-refractivity contribution in [1.29, 1.82) is 5.26 Å². The van der Waals surface area contributed by atoms with E-state index in [0.717, 1.165) is 0 Å². The van der Waals surface area contributed by atoms with Gasteiger partial charge in [0, 0.05) is 0 Å². The van der Waals surface area contributed by atoms with Crippen LogP contribution in [0.25, 0.3) is 0 Å². The highest BCUT2D eigenvalue weighted by Crippen LogP contribution is 2.16. The topological polar surface area (TPSA) is 61.8 Å². The van der Waals surface area contributed by atoms with Gasteiger partial charge >= 0.3 is 0 Å². The van der Waals surface area contributed by atoms with Crippen molar-refractivity contribution in [3.63, 3.8) is 0 Å². The first-order chi connectivity index (χ1) is 5.29. The van der Waals surface area contributed by atoms with Gasteiger partial charge in [0.05, 0.1) is 5.56 Å². The van der Waals surface area contributed by atoms with Gasteiger partial charge in [0.2, 0.25) is 0 Å². The second-order valence-corrected chi connectivity index (χ2v) is 1.92. The molecule has 0 saturated heterocycles. The lowest BCUT2D eigenvalue weighted by Gasteiger charge is -2.01. The van der Waals surface area contributed by atoms with Gasteiger partial charge in [-0.1, -0.05) is 6.07 Å². The first-order valence-corrected chi connectivity index (χ1v) is 2.95. The molecular weight excluding hydrogens is 145 g/mol. The highest BCUT2D eigenvalue weighted by atomic mass is 19.1. The van der Waals surface area contributed by atoms with Crippen LogP contribution in [0.3, 0.4) is 0 Å². The number of anilines is 1. The molecule has 0 saturated carbocycles. The maximum absolute atomic E-state index is 12.7. The summed E-state index contributed by atoms with van der Waals surface area (Å²) in [5.41, 5.74) is 2.36. The summed E-state index contributed by atoms with van der Waals surface area (Å²) in [6, 6.07) is 5.97. The van der Waals surface area contributed by atoms with Crippen LogP contribution in [-0.4, -0.2) is 0 Å². The van der Waals surface area contributed by atoms with E-state index in [4.69, 9.17) is 11.1 Å². The summed E-state index contributed by atoms with van der Waals surface area (Å²) in [6.07, 6.45) is 0. The Morgan fingerprint density at radius 3 is 2.73 bits per heavy atom. The van der Waals surface area contributed by atoms with E-state index >= 15 is 0 Å². The van der Waals surface area contributed by atoms with Crippen LogP contribution in [0.5, 0.6) is 0 Å². The van der Waals surface area contributed by atoms with Crippen molar-refractivity contribution >= 4 is 5.69 Å². The quantitative estimate of drug-likeness (QED) is 0.464. The zero-order chi connectivity index (χ0) is 8.27. The molecule has 1 aromatic carbocycles. The van der Waals surface area contributed by atoms with Gasteiger partial charge in [0.15, 0.2) is 0 Å². The van der Waals surface area contributed by atoms with Crippen LogP contribution in [0.4, 0.5) is 10.1 Å². The zero-order valence-electron chi connectivity index (χ0n) is 5.63.